The first-order chi connectivity index (χ1) is 6.87. The largest absolute Gasteiger partial charge is 0.390 e. The minimum atomic E-state index is -0.503. The van der Waals surface area contributed by atoms with E-state index in [-0.39, 0.29) is 0 Å². The van der Waals surface area contributed by atoms with Crippen LogP contribution >= 0.6 is 0 Å². The van der Waals surface area contributed by atoms with Crippen molar-refractivity contribution in [2.75, 3.05) is 6.54 Å². The van der Waals surface area contributed by atoms with Gasteiger partial charge < -0.3 is 10.4 Å². The lowest BCUT2D eigenvalue weighted by atomic mass is 9.88. The first-order valence-electron chi connectivity index (χ1n) is 6.33. The molecule has 0 aliphatic carbocycles. The van der Waals surface area contributed by atoms with Crippen molar-refractivity contribution in [3.63, 3.8) is 0 Å². The van der Waals surface area contributed by atoms with Crippen LogP contribution < -0.4 is 5.32 Å². The number of hydrogen-bond donors (Lipinski definition) is 2. The lowest BCUT2D eigenvalue weighted by Gasteiger charge is -2.27. The molecule has 2 nitrogen and oxygen atoms in total. The molecule has 0 saturated heterocycles. The summed E-state index contributed by atoms with van der Waals surface area (Å²) in [6.45, 7) is 11.6. The lowest BCUT2D eigenvalue weighted by molar-refractivity contribution is 0.0265. The van der Waals surface area contributed by atoms with Crippen LogP contribution in [0.25, 0.3) is 0 Å². The van der Waals surface area contributed by atoms with E-state index in [2.05, 4.69) is 33.0 Å². The Balaban J connectivity index is 3.75. The van der Waals surface area contributed by atoms with E-state index in [1.165, 1.54) is 12.8 Å². The summed E-state index contributed by atoms with van der Waals surface area (Å²) in [5.41, 5.74) is -0.503. The average molecular weight is 215 g/mol. The summed E-state index contributed by atoms with van der Waals surface area (Å²) >= 11 is 0. The van der Waals surface area contributed by atoms with E-state index in [1.54, 1.807) is 0 Å². The van der Waals surface area contributed by atoms with E-state index in [1.807, 2.05) is 6.92 Å². The summed E-state index contributed by atoms with van der Waals surface area (Å²) in [6, 6.07) is 0.508. The van der Waals surface area contributed by atoms with E-state index in [9.17, 15) is 5.11 Å². The maximum Gasteiger partial charge on any atom is 0.0634 e. The van der Waals surface area contributed by atoms with Gasteiger partial charge in [0.1, 0.15) is 0 Å². The number of aliphatic hydroxyl groups is 1. The summed E-state index contributed by atoms with van der Waals surface area (Å²) in [5.74, 6) is 0.629. The zero-order valence-corrected chi connectivity index (χ0v) is 11.1. The molecule has 0 aromatic carbocycles. The minimum absolute atomic E-state index is 0.503. The zero-order valence-electron chi connectivity index (χ0n) is 11.1. The fraction of sp³-hybridized carbons (Fsp3) is 1.00. The van der Waals surface area contributed by atoms with Crippen molar-refractivity contribution in [2.45, 2.75) is 71.9 Å². The second kappa shape index (κ2) is 7.24. The van der Waals surface area contributed by atoms with Crippen LogP contribution in [0.5, 0.6) is 0 Å². The van der Waals surface area contributed by atoms with Crippen LogP contribution in [-0.4, -0.2) is 23.3 Å². The zero-order chi connectivity index (χ0) is 11.9. The highest BCUT2D eigenvalue weighted by atomic mass is 16.3. The molecule has 0 radical (unpaired) electrons. The summed E-state index contributed by atoms with van der Waals surface area (Å²) in [7, 11) is 0. The maximum atomic E-state index is 10.2. The lowest BCUT2D eigenvalue weighted by Crippen LogP contribution is -2.34. The summed E-state index contributed by atoms with van der Waals surface area (Å²) in [5, 5.41) is 13.5. The third-order valence-electron chi connectivity index (χ3n) is 2.79. The van der Waals surface area contributed by atoms with E-state index >= 15 is 0 Å². The van der Waals surface area contributed by atoms with Gasteiger partial charge in [0, 0.05) is 6.04 Å². The summed E-state index contributed by atoms with van der Waals surface area (Å²) < 4.78 is 0. The maximum absolute atomic E-state index is 10.2. The van der Waals surface area contributed by atoms with Crippen molar-refractivity contribution in [2.24, 2.45) is 5.92 Å². The first-order valence-corrected chi connectivity index (χ1v) is 6.33. The molecule has 0 rings (SSSR count). The van der Waals surface area contributed by atoms with Crippen molar-refractivity contribution >= 4 is 0 Å². The minimum Gasteiger partial charge on any atom is -0.390 e. The van der Waals surface area contributed by atoms with Crippen molar-refractivity contribution in [3.05, 3.63) is 0 Å². The Morgan fingerprint density at radius 2 is 1.87 bits per heavy atom. The molecule has 92 valence electrons. The Labute approximate surface area is 95.5 Å². The van der Waals surface area contributed by atoms with Crippen molar-refractivity contribution in [1.29, 1.82) is 0 Å². The van der Waals surface area contributed by atoms with Crippen LogP contribution in [0.4, 0.5) is 0 Å². The Kier molecular flexibility index (Phi) is 7.20. The molecule has 2 heteroatoms. The predicted molar refractivity (Wildman–Crippen MR) is 67.1 cm³/mol. The van der Waals surface area contributed by atoms with Crippen LogP contribution in [0.3, 0.4) is 0 Å². The molecule has 2 unspecified atom stereocenters. The number of hydrogen-bond acceptors (Lipinski definition) is 2. The van der Waals surface area contributed by atoms with Crippen molar-refractivity contribution in [1.82, 2.24) is 5.32 Å². The second-order valence-corrected chi connectivity index (χ2v) is 5.45. The second-order valence-electron chi connectivity index (χ2n) is 5.45. The molecule has 0 aromatic rings. The van der Waals surface area contributed by atoms with Gasteiger partial charge in [0.2, 0.25) is 0 Å². The van der Waals surface area contributed by atoms with E-state index in [0.29, 0.717) is 12.0 Å². The Bertz CT molecular complexity index is 155. The SMILES string of the molecule is CCCC(C)CC(C)(O)CCNC(C)C. The summed E-state index contributed by atoms with van der Waals surface area (Å²) in [6.07, 6.45) is 4.19. The standard InChI is InChI=1S/C13H29NO/c1-6-7-12(4)10-13(5,15)8-9-14-11(2)3/h11-12,14-15H,6-10H2,1-5H3. The molecular weight excluding hydrogens is 186 g/mol. The van der Waals surface area contributed by atoms with Gasteiger partial charge in [-0.15, -0.1) is 0 Å². The van der Waals surface area contributed by atoms with Crippen LogP contribution in [0.2, 0.25) is 0 Å². The fourth-order valence-corrected chi connectivity index (χ4v) is 2.08. The van der Waals surface area contributed by atoms with Gasteiger partial charge in [-0.3, -0.25) is 0 Å². The van der Waals surface area contributed by atoms with Crippen LogP contribution in [-0.2, 0) is 0 Å². The van der Waals surface area contributed by atoms with Gasteiger partial charge >= 0.3 is 0 Å². The molecule has 0 heterocycles. The normalized spacial score (nSPS) is 17.8. The smallest absolute Gasteiger partial charge is 0.0634 e. The van der Waals surface area contributed by atoms with Gasteiger partial charge in [0.05, 0.1) is 5.60 Å². The predicted octanol–water partition coefficient (Wildman–Crippen LogP) is 2.95. The van der Waals surface area contributed by atoms with Gasteiger partial charge in [-0.25, -0.2) is 0 Å². The number of rotatable bonds is 8. The monoisotopic (exact) mass is 215 g/mol. The van der Waals surface area contributed by atoms with E-state index in [0.717, 1.165) is 19.4 Å². The Morgan fingerprint density at radius 1 is 1.27 bits per heavy atom. The molecule has 0 fully saturated rings. The third-order valence-corrected chi connectivity index (χ3v) is 2.79. The number of nitrogens with one attached hydrogen (secondary N) is 1. The van der Waals surface area contributed by atoms with Gasteiger partial charge in [-0.1, -0.05) is 40.5 Å². The molecule has 2 atom stereocenters. The van der Waals surface area contributed by atoms with Gasteiger partial charge in [0.15, 0.2) is 0 Å². The highest BCUT2D eigenvalue weighted by molar-refractivity contribution is 4.76. The third kappa shape index (κ3) is 8.88. The van der Waals surface area contributed by atoms with Gasteiger partial charge in [0.25, 0.3) is 0 Å². The highest BCUT2D eigenvalue weighted by Gasteiger charge is 2.22. The highest BCUT2D eigenvalue weighted by Crippen LogP contribution is 2.22. The Morgan fingerprint density at radius 3 is 2.33 bits per heavy atom. The topological polar surface area (TPSA) is 32.3 Å². The van der Waals surface area contributed by atoms with Gasteiger partial charge in [-0.2, -0.15) is 0 Å². The van der Waals surface area contributed by atoms with Crippen molar-refractivity contribution < 1.29 is 5.11 Å². The molecule has 15 heavy (non-hydrogen) atoms. The Hall–Kier alpha value is -0.0800. The molecule has 0 amide bonds. The van der Waals surface area contributed by atoms with Gasteiger partial charge in [-0.05, 0) is 32.2 Å². The average Bonchev–Trinajstić information content (AvgIpc) is 2.01. The van der Waals surface area contributed by atoms with Crippen LogP contribution in [0.15, 0.2) is 0 Å². The summed E-state index contributed by atoms with van der Waals surface area (Å²) in [4.78, 5) is 0. The molecule has 0 aliphatic heterocycles. The van der Waals surface area contributed by atoms with E-state index in [4.69, 9.17) is 0 Å². The first kappa shape index (κ1) is 14.9. The molecule has 2 N–H and O–H groups in total. The molecule has 0 saturated carbocycles. The molecule has 0 bridgehead atoms. The van der Waals surface area contributed by atoms with E-state index < -0.39 is 5.60 Å². The fourth-order valence-electron chi connectivity index (χ4n) is 2.08. The molecular formula is C13H29NO. The molecule has 0 aromatic heterocycles. The molecule has 0 aliphatic rings. The van der Waals surface area contributed by atoms with Crippen molar-refractivity contribution in [3.8, 4) is 0 Å². The van der Waals surface area contributed by atoms with Crippen LogP contribution in [0.1, 0.15) is 60.3 Å². The molecule has 0 spiro atoms. The quantitative estimate of drug-likeness (QED) is 0.652. The van der Waals surface area contributed by atoms with Crippen LogP contribution in [0, 0.1) is 5.92 Å².